The van der Waals surface area contributed by atoms with Gasteiger partial charge in [-0.25, -0.2) is 0 Å². The maximum absolute atomic E-state index is 12.4. The van der Waals surface area contributed by atoms with Crippen LogP contribution in [0.3, 0.4) is 0 Å². The Labute approximate surface area is 119 Å². The Morgan fingerprint density at radius 1 is 1.25 bits per heavy atom. The van der Waals surface area contributed by atoms with Crippen molar-refractivity contribution in [3.63, 3.8) is 0 Å². The number of hydrogen-bond acceptors (Lipinski definition) is 3. The molecule has 0 aliphatic carbocycles. The second kappa shape index (κ2) is 6.27. The molecule has 2 atom stereocenters. The molecule has 1 saturated heterocycles. The maximum Gasteiger partial charge on any atom is 0.224 e. The second-order valence-electron chi connectivity index (χ2n) is 5.63. The number of para-hydroxylation sites is 1. The first kappa shape index (κ1) is 13.4. The Morgan fingerprint density at radius 2 is 2.15 bits per heavy atom. The molecule has 4 nitrogen and oxygen atoms in total. The standard InChI is InChI=1S/C16H22N2O2/c19-16(12-5-3-9-17-11-12)18-14-7-4-10-20-15-8-2-1-6-13(14)15/h1-2,6,8,12,14,17H,3-5,7,9-11H2,(H,18,19). The smallest absolute Gasteiger partial charge is 0.224 e. The van der Waals surface area contributed by atoms with E-state index in [4.69, 9.17) is 4.74 Å². The highest BCUT2D eigenvalue weighted by atomic mass is 16.5. The molecular formula is C16H22N2O2. The van der Waals surface area contributed by atoms with Crippen LogP contribution in [0.25, 0.3) is 0 Å². The molecule has 2 N–H and O–H groups in total. The van der Waals surface area contributed by atoms with Gasteiger partial charge in [0.15, 0.2) is 0 Å². The summed E-state index contributed by atoms with van der Waals surface area (Å²) >= 11 is 0. The minimum absolute atomic E-state index is 0.0862. The Bertz CT molecular complexity index is 469. The summed E-state index contributed by atoms with van der Waals surface area (Å²) in [6.45, 7) is 2.56. The van der Waals surface area contributed by atoms with Crippen LogP contribution in [-0.4, -0.2) is 25.6 Å². The molecule has 20 heavy (non-hydrogen) atoms. The highest BCUT2D eigenvalue weighted by molar-refractivity contribution is 5.79. The third-order valence-corrected chi connectivity index (χ3v) is 4.17. The SMILES string of the molecule is O=C(NC1CCCOc2ccccc21)C1CCCNC1. The van der Waals surface area contributed by atoms with Gasteiger partial charge >= 0.3 is 0 Å². The van der Waals surface area contributed by atoms with Gasteiger partial charge in [0, 0.05) is 12.1 Å². The lowest BCUT2D eigenvalue weighted by Crippen LogP contribution is -2.41. The van der Waals surface area contributed by atoms with Gasteiger partial charge in [0.25, 0.3) is 0 Å². The summed E-state index contributed by atoms with van der Waals surface area (Å²) in [6.07, 6.45) is 4.00. The fourth-order valence-electron chi connectivity index (χ4n) is 3.04. The molecule has 0 aromatic heterocycles. The number of piperidine rings is 1. The number of amides is 1. The van der Waals surface area contributed by atoms with E-state index >= 15 is 0 Å². The van der Waals surface area contributed by atoms with E-state index in [2.05, 4.69) is 16.7 Å². The predicted molar refractivity (Wildman–Crippen MR) is 77.6 cm³/mol. The zero-order valence-electron chi connectivity index (χ0n) is 11.7. The summed E-state index contributed by atoms with van der Waals surface area (Å²) < 4.78 is 5.74. The number of nitrogens with one attached hydrogen (secondary N) is 2. The zero-order valence-corrected chi connectivity index (χ0v) is 11.7. The van der Waals surface area contributed by atoms with Gasteiger partial charge in [0.2, 0.25) is 5.91 Å². The molecule has 4 heteroatoms. The Hall–Kier alpha value is -1.55. The molecule has 2 aliphatic rings. The van der Waals surface area contributed by atoms with Crippen molar-refractivity contribution in [1.82, 2.24) is 10.6 Å². The van der Waals surface area contributed by atoms with Gasteiger partial charge in [-0.3, -0.25) is 4.79 Å². The molecule has 0 radical (unpaired) electrons. The lowest BCUT2D eigenvalue weighted by atomic mass is 9.96. The van der Waals surface area contributed by atoms with Crippen molar-refractivity contribution in [3.05, 3.63) is 29.8 Å². The normalized spacial score (nSPS) is 26.0. The van der Waals surface area contributed by atoms with E-state index in [0.29, 0.717) is 0 Å². The molecule has 0 saturated carbocycles. The predicted octanol–water partition coefficient (Wildman–Crippen LogP) is 2.02. The topological polar surface area (TPSA) is 50.4 Å². The van der Waals surface area contributed by atoms with E-state index in [-0.39, 0.29) is 17.9 Å². The van der Waals surface area contributed by atoms with Crippen molar-refractivity contribution >= 4 is 5.91 Å². The van der Waals surface area contributed by atoms with Crippen LogP contribution in [0.15, 0.2) is 24.3 Å². The van der Waals surface area contributed by atoms with E-state index in [1.807, 2.05) is 18.2 Å². The summed E-state index contributed by atoms with van der Waals surface area (Å²) in [5.74, 6) is 1.20. The number of fused-ring (bicyclic) bond motifs is 1. The monoisotopic (exact) mass is 274 g/mol. The van der Waals surface area contributed by atoms with Gasteiger partial charge in [-0.05, 0) is 38.3 Å². The Balaban J connectivity index is 1.71. The highest BCUT2D eigenvalue weighted by Gasteiger charge is 2.26. The molecule has 2 unspecified atom stereocenters. The number of ether oxygens (including phenoxy) is 1. The summed E-state index contributed by atoms with van der Waals surface area (Å²) in [7, 11) is 0. The van der Waals surface area contributed by atoms with Gasteiger partial charge in [0.1, 0.15) is 5.75 Å². The van der Waals surface area contributed by atoms with Crippen molar-refractivity contribution in [2.45, 2.75) is 31.7 Å². The van der Waals surface area contributed by atoms with Gasteiger partial charge < -0.3 is 15.4 Å². The minimum atomic E-state index is 0.0862. The molecule has 0 bridgehead atoms. The van der Waals surface area contributed by atoms with Crippen molar-refractivity contribution in [2.75, 3.05) is 19.7 Å². The van der Waals surface area contributed by atoms with Gasteiger partial charge in [-0.1, -0.05) is 18.2 Å². The van der Waals surface area contributed by atoms with Crippen molar-refractivity contribution < 1.29 is 9.53 Å². The third-order valence-electron chi connectivity index (χ3n) is 4.17. The third kappa shape index (κ3) is 2.96. The number of hydrogen-bond donors (Lipinski definition) is 2. The minimum Gasteiger partial charge on any atom is -0.493 e. The summed E-state index contributed by atoms with van der Waals surface area (Å²) in [6, 6.07) is 8.12. The number of benzene rings is 1. The molecule has 108 valence electrons. The fraction of sp³-hybridized carbons (Fsp3) is 0.562. The van der Waals surface area contributed by atoms with Crippen LogP contribution in [0.5, 0.6) is 5.75 Å². The second-order valence-corrected chi connectivity index (χ2v) is 5.63. The fourth-order valence-corrected chi connectivity index (χ4v) is 3.04. The van der Waals surface area contributed by atoms with Crippen molar-refractivity contribution in [1.29, 1.82) is 0 Å². The lowest BCUT2D eigenvalue weighted by Gasteiger charge is -2.25. The van der Waals surface area contributed by atoms with Crippen LogP contribution in [0.2, 0.25) is 0 Å². The van der Waals surface area contributed by atoms with Crippen LogP contribution in [0.1, 0.15) is 37.3 Å². The van der Waals surface area contributed by atoms with E-state index in [1.54, 1.807) is 0 Å². The maximum atomic E-state index is 12.4. The summed E-state index contributed by atoms with van der Waals surface area (Å²) in [5, 5.41) is 6.52. The Kier molecular flexibility index (Phi) is 4.21. The van der Waals surface area contributed by atoms with Gasteiger partial charge in [-0.15, -0.1) is 0 Å². The molecule has 1 aromatic carbocycles. The van der Waals surface area contributed by atoms with Crippen LogP contribution < -0.4 is 15.4 Å². The number of carbonyl (C=O) groups excluding carboxylic acids is 1. The van der Waals surface area contributed by atoms with Crippen molar-refractivity contribution in [3.8, 4) is 5.75 Å². The Morgan fingerprint density at radius 3 is 3.00 bits per heavy atom. The first-order chi connectivity index (χ1) is 9.84. The molecule has 2 aliphatic heterocycles. The number of rotatable bonds is 2. The van der Waals surface area contributed by atoms with E-state index < -0.39 is 0 Å². The molecule has 1 fully saturated rings. The van der Waals surface area contributed by atoms with Gasteiger partial charge in [-0.2, -0.15) is 0 Å². The summed E-state index contributed by atoms with van der Waals surface area (Å²) in [4.78, 5) is 12.4. The number of carbonyl (C=O) groups is 1. The lowest BCUT2D eigenvalue weighted by molar-refractivity contribution is -0.126. The molecular weight excluding hydrogens is 252 g/mol. The zero-order chi connectivity index (χ0) is 13.8. The van der Waals surface area contributed by atoms with Crippen LogP contribution in [0.4, 0.5) is 0 Å². The van der Waals surface area contributed by atoms with E-state index in [1.165, 1.54) is 0 Å². The average molecular weight is 274 g/mol. The first-order valence-electron chi connectivity index (χ1n) is 7.57. The quantitative estimate of drug-likeness (QED) is 0.867. The van der Waals surface area contributed by atoms with E-state index in [9.17, 15) is 4.79 Å². The molecule has 3 rings (SSSR count). The van der Waals surface area contributed by atoms with E-state index in [0.717, 1.165) is 56.7 Å². The van der Waals surface area contributed by atoms with Gasteiger partial charge in [0.05, 0.1) is 18.6 Å². The highest BCUT2D eigenvalue weighted by Crippen LogP contribution is 2.31. The average Bonchev–Trinajstić information content (AvgIpc) is 2.71. The largest absolute Gasteiger partial charge is 0.493 e. The van der Waals surface area contributed by atoms with Crippen LogP contribution >= 0.6 is 0 Å². The molecule has 0 spiro atoms. The molecule has 1 amide bonds. The van der Waals surface area contributed by atoms with Crippen LogP contribution in [-0.2, 0) is 4.79 Å². The molecule has 2 heterocycles. The molecule has 1 aromatic rings. The first-order valence-corrected chi connectivity index (χ1v) is 7.57. The van der Waals surface area contributed by atoms with Crippen LogP contribution in [0, 0.1) is 5.92 Å². The van der Waals surface area contributed by atoms with Crippen molar-refractivity contribution in [2.24, 2.45) is 5.92 Å². The summed E-state index contributed by atoms with van der Waals surface area (Å²) in [5.41, 5.74) is 1.11.